The molecule has 0 saturated heterocycles. The van der Waals surface area contributed by atoms with Crippen molar-refractivity contribution in [3.63, 3.8) is 0 Å². The first-order valence-corrected chi connectivity index (χ1v) is 36.4. The summed E-state index contributed by atoms with van der Waals surface area (Å²) in [5.41, 5.74) is 0. The van der Waals surface area contributed by atoms with E-state index in [1.165, 1.54) is 105 Å². The van der Waals surface area contributed by atoms with Crippen LogP contribution in [0.5, 0.6) is 0 Å². The summed E-state index contributed by atoms with van der Waals surface area (Å²) in [6, 6.07) is 101. The summed E-state index contributed by atoms with van der Waals surface area (Å²) in [4.78, 5) is 32.5. The van der Waals surface area contributed by atoms with E-state index in [0.29, 0.717) is 0 Å². The van der Waals surface area contributed by atoms with Gasteiger partial charge in [0.05, 0.1) is 18.5 Å². The third-order valence-corrected chi connectivity index (χ3v) is 28.4. The molecule has 0 aliphatic carbocycles. The molecule has 0 radical (unpaired) electrons. The van der Waals surface area contributed by atoms with Crippen LogP contribution in [0.2, 0.25) is 0 Å². The van der Waals surface area contributed by atoms with Crippen molar-refractivity contribution in [2.45, 2.75) is 38.5 Å². The minimum absolute atomic E-state index is 1.15. The van der Waals surface area contributed by atoms with Crippen LogP contribution < -0.4 is 62.4 Å². The molecule has 0 spiro atoms. The zero-order valence-electron chi connectivity index (χ0n) is 49.7. The van der Waals surface area contributed by atoms with E-state index in [2.05, 4.69) is 330 Å². The molecule has 0 amide bonds. The summed E-state index contributed by atoms with van der Waals surface area (Å²) < 4.78 is 8.55. The molecule has 9 aromatic rings. The Kier molecular flexibility index (Phi) is 27.9. The normalized spacial score (nSPS) is 11.7. The fourth-order valence-electron chi connectivity index (χ4n) is 11.0. The van der Waals surface area contributed by atoms with E-state index in [-0.39, 0.29) is 0 Å². The number of unbranched alkanes of at least 4 members (excludes halogenated alkanes) is 3. The summed E-state index contributed by atoms with van der Waals surface area (Å²) in [6.45, 7) is 3.45. The molecule has 9 aromatic carbocycles. The second-order valence-electron chi connectivity index (χ2n) is 21.6. The van der Waals surface area contributed by atoms with Crippen molar-refractivity contribution in [1.82, 2.24) is 14.7 Å². The Morgan fingerprint density at radius 1 is 0.253 bits per heavy atom. The van der Waals surface area contributed by atoms with Gasteiger partial charge in [-0.25, -0.2) is 0 Å². The lowest BCUT2D eigenvalue weighted by Crippen LogP contribution is -2.33. The van der Waals surface area contributed by atoms with Crippen LogP contribution in [0.4, 0.5) is 0 Å². The van der Waals surface area contributed by atoms with Crippen molar-refractivity contribution in [3.8, 4) is 0 Å². The molecule has 0 fully saturated rings. The van der Waals surface area contributed by atoms with Crippen LogP contribution in [0.25, 0.3) is 0 Å². The van der Waals surface area contributed by atoms with Gasteiger partial charge in [0.15, 0.2) is 0 Å². The predicted molar refractivity (Wildman–Crippen MR) is 361 cm³/mol. The Labute approximate surface area is 500 Å². The Morgan fingerprint density at radius 3 is 0.482 bits per heavy atom. The van der Waals surface area contributed by atoms with Crippen LogP contribution in [-0.2, 0) is 4.57 Å². The van der Waals surface area contributed by atoms with Crippen molar-refractivity contribution in [2.75, 3.05) is 80.4 Å². The number of phosphoric acid groups is 1. The second kappa shape index (κ2) is 34.9. The first-order chi connectivity index (χ1) is 40.2. The highest BCUT2D eigenvalue weighted by Gasteiger charge is 2.47. The maximum atomic E-state index is 8.55. The number of hydrogen-bond acceptors (Lipinski definition) is 7. The minimum Gasteiger partial charge on any atom is -0.822 e. The van der Waals surface area contributed by atoms with Gasteiger partial charge in [-0.1, -0.05) is 164 Å². The minimum atomic E-state index is -5.39. The summed E-state index contributed by atoms with van der Waals surface area (Å²) in [5.74, 6) is 0. The first-order valence-electron chi connectivity index (χ1n) is 29.0. The van der Waals surface area contributed by atoms with Crippen LogP contribution in [0, 0.1) is 0 Å². The number of rotatable bonds is 24. The molecular formula is C72H87N3O4P4. The average Bonchev–Trinajstić information content (AvgIpc) is 3.58. The Morgan fingerprint density at radius 2 is 0.373 bits per heavy atom. The SMILES string of the molecule is CN(C)CCCC[P+](c1ccccc1)(c1ccccc1)c1ccccc1.CN(C)CCCC[P+](c1ccccc1)(c1ccccc1)c1ccccc1.CN(C)CCCC[P+](c1ccccc1)(c1ccccc1)c1ccccc1.O=P([O-])([O-])[O-]. The lowest BCUT2D eigenvalue weighted by molar-refractivity contribution is -0.432. The second-order valence-corrected chi connectivity index (χ2v) is 33.3. The molecule has 0 saturated carbocycles. The van der Waals surface area contributed by atoms with E-state index in [4.69, 9.17) is 19.2 Å². The fourth-order valence-corrected chi connectivity index (χ4v) is 24.2. The van der Waals surface area contributed by atoms with Gasteiger partial charge in [-0.05, 0) is 210 Å². The molecule has 0 N–H and O–H groups in total. The van der Waals surface area contributed by atoms with Crippen molar-refractivity contribution in [1.29, 1.82) is 0 Å². The van der Waals surface area contributed by atoms with Gasteiger partial charge in [0.25, 0.3) is 0 Å². The van der Waals surface area contributed by atoms with E-state index in [9.17, 15) is 0 Å². The van der Waals surface area contributed by atoms with Gasteiger partial charge in [-0.3, -0.25) is 0 Å². The maximum Gasteiger partial charge on any atom is 0.112 e. The topological polar surface area (TPSA) is 96.0 Å². The van der Waals surface area contributed by atoms with E-state index in [1.807, 2.05) is 0 Å². The predicted octanol–water partition coefficient (Wildman–Crippen LogP) is 10.1. The Balaban J connectivity index is 0.000000192. The van der Waals surface area contributed by atoms with E-state index in [1.54, 1.807) is 0 Å². The number of nitrogens with zero attached hydrogens (tertiary/aromatic N) is 3. The highest BCUT2D eigenvalue weighted by atomic mass is 31.2. The Bertz CT molecular complexity index is 2540. The average molecular weight is 1180 g/mol. The largest absolute Gasteiger partial charge is 0.822 e. The van der Waals surface area contributed by atoms with Gasteiger partial charge in [-0.2, -0.15) is 7.82 Å². The third-order valence-electron chi connectivity index (χ3n) is 14.8. The molecule has 7 nitrogen and oxygen atoms in total. The quantitative estimate of drug-likeness (QED) is 0.0439. The standard InChI is InChI=1S/3C24H29NP.H3O4P/c3*1-25(2)20-12-13-21-26(22-14-6-3-7-15-22,23-16-8-4-9-17-23)24-18-10-5-11-19-24;1-5(2,3)4/h3*3-11,14-19H,12-13,20-21H2,1-2H3;(H3,1,2,3,4)/q3*+1;/p-3. The van der Waals surface area contributed by atoms with Crippen LogP contribution in [0.3, 0.4) is 0 Å². The molecular weight excluding hydrogens is 1090 g/mol. The van der Waals surface area contributed by atoms with Crippen molar-refractivity contribution >= 4 is 77.4 Å². The molecule has 9 rings (SSSR count). The van der Waals surface area contributed by atoms with Crippen LogP contribution >= 0.6 is 29.6 Å². The van der Waals surface area contributed by atoms with E-state index >= 15 is 0 Å². The van der Waals surface area contributed by atoms with Crippen LogP contribution in [-0.4, -0.2) is 95.1 Å². The molecule has 0 heterocycles. The molecule has 0 aromatic heterocycles. The van der Waals surface area contributed by atoms with E-state index < -0.39 is 29.6 Å². The van der Waals surface area contributed by atoms with Crippen molar-refractivity contribution in [2.24, 2.45) is 0 Å². The molecule has 0 unspecified atom stereocenters. The highest BCUT2D eigenvalue weighted by molar-refractivity contribution is 7.96. The molecule has 0 aliphatic heterocycles. The third kappa shape index (κ3) is 20.2. The maximum absolute atomic E-state index is 8.55. The van der Waals surface area contributed by atoms with Crippen molar-refractivity contribution < 1.29 is 19.2 Å². The zero-order chi connectivity index (χ0) is 59.2. The molecule has 0 atom stereocenters. The number of hydrogen-bond donors (Lipinski definition) is 0. The number of benzene rings is 9. The summed E-state index contributed by atoms with van der Waals surface area (Å²) in [5, 5.41) is 13.4. The van der Waals surface area contributed by atoms with Gasteiger partial charge in [0, 0.05) is 0 Å². The summed E-state index contributed by atoms with van der Waals surface area (Å²) in [7, 11) is 2.68. The summed E-state index contributed by atoms with van der Waals surface area (Å²) in [6.07, 6.45) is 11.1. The van der Waals surface area contributed by atoms with Crippen molar-refractivity contribution in [3.05, 3.63) is 273 Å². The summed E-state index contributed by atoms with van der Waals surface area (Å²) >= 11 is 0. The smallest absolute Gasteiger partial charge is 0.112 e. The molecule has 83 heavy (non-hydrogen) atoms. The first kappa shape index (κ1) is 66.4. The lowest BCUT2D eigenvalue weighted by Gasteiger charge is -2.36. The molecule has 11 heteroatoms. The highest BCUT2D eigenvalue weighted by Crippen LogP contribution is 2.58. The fraction of sp³-hybridized carbons (Fsp3) is 0.250. The monoisotopic (exact) mass is 1180 g/mol. The molecule has 0 bridgehead atoms. The molecule has 0 aliphatic rings. The van der Waals surface area contributed by atoms with Gasteiger partial charge in [0.1, 0.15) is 69.5 Å². The molecule has 434 valence electrons. The van der Waals surface area contributed by atoms with Gasteiger partial charge < -0.3 is 33.9 Å². The van der Waals surface area contributed by atoms with Crippen LogP contribution in [0.1, 0.15) is 38.5 Å². The van der Waals surface area contributed by atoms with Gasteiger partial charge >= 0.3 is 0 Å². The van der Waals surface area contributed by atoms with Gasteiger partial charge in [0.2, 0.25) is 0 Å². The Hall–Kier alpha value is -5.74. The van der Waals surface area contributed by atoms with Gasteiger partial charge in [-0.15, -0.1) is 0 Å². The zero-order valence-corrected chi connectivity index (χ0v) is 53.3. The van der Waals surface area contributed by atoms with Crippen LogP contribution in [0.15, 0.2) is 273 Å². The van der Waals surface area contributed by atoms with E-state index in [0.717, 1.165) is 19.6 Å². The lowest BCUT2D eigenvalue weighted by atomic mass is 10.3.